The summed E-state index contributed by atoms with van der Waals surface area (Å²) in [4.78, 5) is 14.1. The second-order valence-corrected chi connectivity index (χ2v) is 6.73. The van der Waals surface area contributed by atoms with Crippen LogP contribution in [0.4, 0.5) is 4.79 Å². The molecule has 19 heavy (non-hydrogen) atoms. The van der Waals surface area contributed by atoms with E-state index in [1.54, 1.807) is 4.90 Å². The van der Waals surface area contributed by atoms with Gasteiger partial charge in [-0.05, 0) is 47.5 Å². The maximum absolute atomic E-state index is 12.4. The van der Waals surface area contributed by atoms with Gasteiger partial charge >= 0.3 is 6.09 Å². The molecule has 0 bridgehead atoms. The zero-order chi connectivity index (χ0) is 14.3. The van der Waals surface area contributed by atoms with Gasteiger partial charge in [-0.2, -0.15) is 0 Å². The maximum Gasteiger partial charge on any atom is 0.412 e. The molecule has 0 N–H and O–H groups in total. The Kier molecular flexibility index (Phi) is 3.80. The molecule has 2 fully saturated rings. The molecule has 2 saturated heterocycles. The first-order valence-electron chi connectivity index (χ1n) is 6.98. The van der Waals surface area contributed by atoms with Crippen LogP contribution < -0.4 is 0 Å². The summed E-state index contributed by atoms with van der Waals surface area (Å²) in [6, 6.07) is -0.0488. The Labute approximate surface area is 115 Å². The van der Waals surface area contributed by atoms with Gasteiger partial charge in [-0.1, -0.05) is 0 Å². The molecule has 0 unspecified atom stereocenters. The number of rotatable bonds is 1. The molecular weight excluding hydrogens is 246 g/mol. The van der Waals surface area contributed by atoms with Crippen molar-refractivity contribution in [2.75, 3.05) is 13.2 Å². The van der Waals surface area contributed by atoms with Crippen molar-refractivity contribution < 1.29 is 19.0 Å². The Morgan fingerprint density at radius 3 is 2.58 bits per heavy atom. The Hall–Kier alpha value is -0.810. The molecular formula is C14H25NO4. The molecule has 0 spiro atoms. The lowest BCUT2D eigenvalue weighted by atomic mass is 10.1. The van der Waals surface area contributed by atoms with Crippen LogP contribution in [-0.2, 0) is 14.2 Å². The third-order valence-electron chi connectivity index (χ3n) is 3.50. The largest absolute Gasteiger partial charge is 0.444 e. The topological polar surface area (TPSA) is 48.0 Å². The van der Waals surface area contributed by atoms with Crippen LogP contribution in [0.15, 0.2) is 0 Å². The second kappa shape index (κ2) is 4.94. The van der Waals surface area contributed by atoms with Gasteiger partial charge in [0.05, 0.1) is 18.8 Å². The van der Waals surface area contributed by atoms with Crippen LogP contribution in [0.25, 0.3) is 0 Å². The van der Waals surface area contributed by atoms with Crippen LogP contribution in [0.2, 0.25) is 0 Å². The van der Waals surface area contributed by atoms with Crippen LogP contribution in [-0.4, -0.2) is 47.7 Å². The van der Waals surface area contributed by atoms with Gasteiger partial charge in [0.25, 0.3) is 0 Å². The highest BCUT2D eigenvalue weighted by Gasteiger charge is 2.49. The van der Waals surface area contributed by atoms with Crippen LogP contribution >= 0.6 is 0 Å². The quantitative estimate of drug-likeness (QED) is 0.735. The first-order chi connectivity index (χ1) is 8.71. The summed E-state index contributed by atoms with van der Waals surface area (Å²) in [5.74, 6) is 0. The van der Waals surface area contributed by atoms with Crippen molar-refractivity contribution in [2.24, 2.45) is 0 Å². The Bertz CT molecular complexity index is 342. The van der Waals surface area contributed by atoms with Crippen molar-refractivity contribution in [1.82, 2.24) is 4.90 Å². The molecule has 2 atom stereocenters. The molecule has 5 heteroatoms. The van der Waals surface area contributed by atoms with E-state index >= 15 is 0 Å². The Morgan fingerprint density at radius 2 is 2.05 bits per heavy atom. The lowest BCUT2D eigenvalue weighted by Gasteiger charge is -2.36. The second-order valence-electron chi connectivity index (χ2n) is 6.73. The molecule has 0 aliphatic carbocycles. The number of hydrogen-bond donors (Lipinski definition) is 0. The van der Waals surface area contributed by atoms with Crippen LogP contribution in [0.5, 0.6) is 0 Å². The molecule has 2 aliphatic rings. The van der Waals surface area contributed by atoms with E-state index in [1.165, 1.54) is 0 Å². The number of carbonyl (C=O) groups excluding carboxylic acids is 1. The van der Waals surface area contributed by atoms with Crippen molar-refractivity contribution in [3.8, 4) is 0 Å². The van der Waals surface area contributed by atoms with Gasteiger partial charge in [0, 0.05) is 6.61 Å². The minimum atomic E-state index is -0.640. The van der Waals surface area contributed by atoms with E-state index in [0.717, 1.165) is 19.4 Å². The Morgan fingerprint density at radius 1 is 1.37 bits per heavy atom. The maximum atomic E-state index is 12.4. The van der Waals surface area contributed by atoms with E-state index in [9.17, 15) is 4.79 Å². The predicted octanol–water partition coefficient (Wildman–Crippen LogP) is 2.54. The monoisotopic (exact) mass is 271 g/mol. The van der Waals surface area contributed by atoms with Crippen molar-refractivity contribution in [2.45, 2.75) is 70.9 Å². The summed E-state index contributed by atoms with van der Waals surface area (Å²) in [7, 11) is 0. The van der Waals surface area contributed by atoms with Crippen molar-refractivity contribution in [3.05, 3.63) is 0 Å². The lowest BCUT2D eigenvalue weighted by molar-refractivity contribution is -0.0687. The summed E-state index contributed by atoms with van der Waals surface area (Å²) >= 11 is 0. The minimum Gasteiger partial charge on any atom is -0.444 e. The van der Waals surface area contributed by atoms with Gasteiger partial charge in [0.2, 0.25) is 0 Å². The molecule has 0 aromatic heterocycles. The molecule has 0 aromatic rings. The molecule has 5 nitrogen and oxygen atoms in total. The van der Waals surface area contributed by atoms with E-state index in [2.05, 4.69) is 0 Å². The summed E-state index contributed by atoms with van der Waals surface area (Å²) in [6.45, 7) is 10.7. The third-order valence-corrected chi connectivity index (χ3v) is 3.50. The van der Waals surface area contributed by atoms with E-state index in [4.69, 9.17) is 14.2 Å². The summed E-state index contributed by atoms with van der Waals surface area (Å²) in [5, 5.41) is 0. The predicted molar refractivity (Wildman–Crippen MR) is 70.9 cm³/mol. The van der Waals surface area contributed by atoms with Gasteiger partial charge in [-0.15, -0.1) is 0 Å². The van der Waals surface area contributed by atoms with Crippen LogP contribution in [0.3, 0.4) is 0 Å². The average molecular weight is 271 g/mol. The highest BCUT2D eigenvalue weighted by molar-refractivity contribution is 5.69. The van der Waals surface area contributed by atoms with Gasteiger partial charge in [0.1, 0.15) is 11.3 Å². The molecule has 2 aliphatic heterocycles. The third kappa shape index (κ3) is 3.20. The zero-order valence-corrected chi connectivity index (χ0v) is 12.6. The zero-order valence-electron chi connectivity index (χ0n) is 12.6. The average Bonchev–Trinajstić information content (AvgIpc) is 2.81. The number of nitrogens with zero attached hydrogens (tertiary/aromatic N) is 1. The molecule has 2 heterocycles. The number of hydrogen-bond acceptors (Lipinski definition) is 4. The number of carbonyl (C=O) groups is 1. The fraction of sp³-hybridized carbons (Fsp3) is 0.929. The van der Waals surface area contributed by atoms with E-state index in [0.29, 0.717) is 6.61 Å². The first kappa shape index (κ1) is 14.6. The summed E-state index contributed by atoms with van der Waals surface area (Å²) in [5.41, 5.74) is -1.14. The SMILES string of the molecule is CC(C)(C)OC(=O)N1[C@@H]([C@H]2CCCO2)COC1(C)C. The molecule has 0 aromatic carbocycles. The molecule has 0 radical (unpaired) electrons. The highest BCUT2D eigenvalue weighted by Crippen LogP contribution is 2.34. The van der Waals surface area contributed by atoms with Gasteiger partial charge in [-0.25, -0.2) is 4.79 Å². The molecule has 2 rings (SSSR count). The standard InChI is InChI=1S/C14H25NO4/c1-13(2,3)19-12(16)15-10(9-18-14(15,4)5)11-7-6-8-17-11/h10-11H,6-9H2,1-5H3/t10-,11-/m1/s1. The highest BCUT2D eigenvalue weighted by atomic mass is 16.6. The molecule has 1 amide bonds. The van der Waals surface area contributed by atoms with Gasteiger partial charge < -0.3 is 14.2 Å². The van der Waals surface area contributed by atoms with Gasteiger partial charge in [0.15, 0.2) is 0 Å². The normalized spacial score (nSPS) is 30.7. The lowest BCUT2D eigenvalue weighted by Crippen LogP contribution is -2.53. The fourth-order valence-electron chi connectivity index (χ4n) is 2.68. The summed E-state index contributed by atoms with van der Waals surface area (Å²) < 4.78 is 17.0. The van der Waals surface area contributed by atoms with E-state index in [-0.39, 0.29) is 18.2 Å². The van der Waals surface area contributed by atoms with Crippen molar-refractivity contribution in [1.29, 1.82) is 0 Å². The van der Waals surface area contributed by atoms with Crippen LogP contribution in [0.1, 0.15) is 47.5 Å². The number of amides is 1. The Balaban J connectivity index is 2.14. The number of ether oxygens (including phenoxy) is 3. The fourth-order valence-corrected chi connectivity index (χ4v) is 2.68. The van der Waals surface area contributed by atoms with Crippen molar-refractivity contribution in [3.63, 3.8) is 0 Å². The summed E-state index contributed by atoms with van der Waals surface area (Å²) in [6.07, 6.45) is 1.76. The minimum absolute atomic E-state index is 0.0488. The van der Waals surface area contributed by atoms with Crippen LogP contribution in [0, 0.1) is 0 Å². The van der Waals surface area contributed by atoms with E-state index in [1.807, 2.05) is 34.6 Å². The van der Waals surface area contributed by atoms with Crippen molar-refractivity contribution >= 4 is 6.09 Å². The first-order valence-corrected chi connectivity index (χ1v) is 6.98. The van der Waals surface area contributed by atoms with Gasteiger partial charge in [-0.3, -0.25) is 4.90 Å². The smallest absolute Gasteiger partial charge is 0.412 e. The molecule has 110 valence electrons. The van der Waals surface area contributed by atoms with E-state index < -0.39 is 11.3 Å². The molecule has 0 saturated carbocycles.